The van der Waals surface area contributed by atoms with Crippen LogP contribution in [0.5, 0.6) is 0 Å². The van der Waals surface area contributed by atoms with Crippen LogP contribution in [0.3, 0.4) is 0 Å². The Morgan fingerprint density at radius 1 is 1.31 bits per heavy atom. The number of fused-ring (bicyclic) bond motifs is 1. The highest BCUT2D eigenvalue weighted by Gasteiger charge is 2.23. The number of nitrogens with zero attached hydrogens (tertiary/aromatic N) is 1. The normalized spacial score (nSPS) is 11.6. The van der Waals surface area contributed by atoms with Crippen molar-refractivity contribution < 1.29 is 22.0 Å². The van der Waals surface area contributed by atoms with Gasteiger partial charge >= 0.3 is 0 Å². The van der Waals surface area contributed by atoms with E-state index >= 15 is 0 Å². The van der Waals surface area contributed by atoms with Gasteiger partial charge in [-0.3, -0.25) is 9.52 Å². The quantitative estimate of drug-likeness (QED) is 0.532. The SMILES string of the molecule is CCCS(=O)(=O)Nc1ccc(F)c(C(=O)Nc2cnc3[nH]c(C)c(Cl)c3c2)c1F. The number of carbonyl (C=O) groups is 1. The zero-order valence-corrected chi connectivity index (χ0v) is 17.0. The van der Waals surface area contributed by atoms with Crippen LogP contribution in [-0.4, -0.2) is 30.0 Å². The topological polar surface area (TPSA) is 104 Å². The molecule has 0 saturated carbocycles. The molecule has 0 radical (unpaired) electrons. The second-order valence-electron chi connectivity index (χ2n) is 6.34. The molecule has 3 rings (SSSR count). The number of benzene rings is 1. The summed E-state index contributed by atoms with van der Waals surface area (Å²) < 4.78 is 54.6. The van der Waals surface area contributed by atoms with Gasteiger partial charge in [0.2, 0.25) is 10.0 Å². The molecule has 0 spiro atoms. The summed E-state index contributed by atoms with van der Waals surface area (Å²) in [5.41, 5.74) is -0.0860. The number of amides is 1. The van der Waals surface area contributed by atoms with Gasteiger partial charge < -0.3 is 10.3 Å². The number of pyridine rings is 1. The molecule has 0 saturated heterocycles. The Balaban J connectivity index is 1.93. The van der Waals surface area contributed by atoms with E-state index < -0.39 is 38.8 Å². The van der Waals surface area contributed by atoms with E-state index in [-0.39, 0.29) is 11.4 Å². The van der Waals surface area contributed by atoms with Crippen LogP contribution in [0.15, 0.2) is 24.4 Å². The Hall–Kier alpha value is -2.72. The highest BCUT2D eigenvalue weighted by molar-refractivity contribution is 7.92. The first-order valence-corrected chi connectivity index (χ1v) is 10.6. The number of rotatable bonds is 6. The van der Waals surface area contributed by atoms with Crippen molar-refractivity contribution in [1.82, 2.24) is 9.97 Å². The van der Waals surface area contributed by atoms with Gasteiger partial charge in [-0.05, 0) is 31.5 Å². The molecule has 154 valence electrons. The fourth-order valence-electron chi connectivity index (χ4n) is 2.75. The number of nitrogens with one attached hydrogen (secondary N) is 3. The van der Waals surface area contributed by atoms with Crippen LogP contribution in [0.1, 0.15) is 29.4 Å². The molecule has 7 nitrogen and oxygen atoms in total. The van der Waals surface area contributed by atoms with Gasteiger partial charge in [-0.15, -0.1) is 0 Å². The van der Waals surface area contributed by atoms with Gasteiger partial charge in [0.1, 0.15) is 17.0 Å². The van der Waals surface area contributed by atoms with Gasteiger partial charge in [0.15, 0.2) is 5.82 Å². The first kappa shape index (κ1) is 21.0. The molecule has 0 aliphatic heterocycles. The Morgan fingerprint density at radius 2 is 2.03 bits per heavy atom. The van der Waals surface area contributed by atoms with Gasteiger partial charge in [-0.2, -0.15) is 0 Å². The molecule has 1 aromatic carbocycles. The molecule has 0 aliphatic rings. The van der Waals surface area contributed by atoms with Crippen molar-refractivity contribution in [1.29, 1.82) is 0 Å². The smallest absolute Gasteiger partial charge is 0.261 e. The van der Waals surface area contributed by atoms with Crippen LogP contribution < -0.4 is 10.0 Å². The number of aromatic nitrogens is 2. The van der Waals surface area contributed by atoms with E-state index in [1.54, 1.807) is 13.8 Å². The highest BCUT2D eigenvalue weighted by Crippen LogP contribution is 2.28. The van der Waals surface area contributed by atoms with Crippen molar-refractivity contribution in [2.45, 2.75) is 20.3 Å². The summed E-state index contributed by atoms with van der Waals surface area (Å²) in [5, 5.41) is 3.29. The minimum Gasteiger partial charge on any atom is -0.342 e. The molecular weight excluding hydrogens is 426 g/mol. The molecule has 3 N–H and O–H groups in total. The summed E-state index contributed by atoms with van der Waals surface area (Å²) >= 11 is 6.16. The van der Waals surface area contributed by atoms with Crippen LogP contribution >= 0.6 is 11.6 Å². The molecule has 0 bridgehead atoms. The van der Waals surface area contributed by atoms with Crippen LogP contribution in [0.4, 0.5) is 20.2 Å². The number of hydrogen-bond donors (Lipinski definition) is 3. The first-order valence-electron chi connectivity index (χ1n) is 8.56. The Morgan fingerprint density at radius 3 is 2.72 bits per heavy atom. The number of hydrogen-bond acceptors (Lipinski definition) is 4. The van der Waals surface area contributed by atoms with Gasteiger partial charge in [-0.1, -0.05) is 18.5 Å². The molecule has 3 aromatic rings. The Labute approximate surface area is 170 Å². The summed E-state index contributed by atoms with van der Waals surface area (Å²) in [6.45, 7) is 3.39. The molecule has 2 aromatic heterocycles. The standard InChI is InChI=1S/C18H17ClF2N4O3S/c1-3-6-29(27,28)25-13-5-4-12(20)14(16(13)21)18(26)24-10-7-11-15(19)9(2)23-17(11)22-8-10/h4-5,7-8,25H,3,6H2,1-2H3,(H,22,23)(H,24,26). The zero-order chi connectivity index (χ0) is 21.3. The number of aryl methyl sites for hydroxylation is 1. The van der Waals surface area contributed by atoms with Crippen molar-refractivity contribution in [3.05, 3.63) is 52.3 Å². The van der Waals surface area contributed by atoms with Crippen molar-refractivity contribution in [3.8, 4) is 0 Å². The fraction of sp³-hybridized carbons (Fsp3) is 0.222. The van der Waals surface area contributed by atoms with Crippen LogP contribution in [0, 0.1) is 18.6 Å². The van der Waals surface area contributed by atoms with Crippen molar-refractivity contribution in [2.24, 2.45) is 0 Å². The van der Waals surface area contributed by atoms with E-state index in [9.17, 15) is 22.0 Å². The number of carbonyl (C=O) groups excluding carboxylic acids is 1. The fourth-order valence-corrected chi connectivity index (χ4v) is 4.08. The van der Waals surface area contributed by atoms with E-state index in [0.29, 0.717) is 28.2 Å². The maximum Gasteiger partial charge on any atom is 0.261 e. The van der Waals surface area contributed by atoms with Crippen molar-refractivity contribution in [2.75, 3.05) is 15.8 Å². The van der Waals surface area contributed by atoms with Crippen molar-refractivity contribution >= 4 is 49.9 Å². The largest absolute Gasteiger partial charge is 0.342 e. The lowest BCUT2D eigenvalue weighted by molar-refractivity contribution is 0.101. The monoisotopic (exact) mass is 442 g/mol. The third kappa shape index (κ3) is 4.33. The molecule has 2 heterocycles. The summed E-state index contributed by atoms with van der Waals surface area (Å²) in [6.07, 6.45) is 1.61. The lowest BCUT2D eigenvalue weighted by Crippen LogP contribution is -2.20. The summed E-state index contributed by atoms with van der Waals surface area (Å²) in [5.74, 6) is -3.79. The molecule has 0 atom stereocenters. The van der Waals surface area contributed by atoms with E-state index in [1.807, 2.05) is 4.72 Å². The molecule has 11 heteroatoms. The lowest BCUT2D eigenvalue weighted by Gasteiger charge is -2.12. The Bertz CT molecular complexity index is 1210. The van der Waals surface area contributed by atoms with E-state index in [2.05, 4.69) is 15.3 Å². The van der Waals surface area contributed by atoms with Gasteiger partial charge in [-0.25, -0.2) is 22.2 Å². The van der Waals surface area contributed by atoms with Crippen LogP contribution in [0.25, 0.3) is 11.0 Å². The lowest BCUT2D eigenvalue weighted by atomic mass is 10.1. The molecular formula is C18H17ClF2N4O3S. The zero-order valence-electron chi connectivity index (χ0n) is 15.4. The minimum absolute atomic E-state index is 0.166. The molecule has 1 amide bonds. The van der Waals surface area contributed by atoms with E-state index in [0.717, 1.165) is 12.1 Å². The maximum atomic E-state index is 14.7. The minimum atomic E-state index is -3.82. The molecule has 0 aliphatic carbocycles. The average molecular weight is 443 g/mol. The van der Waals surface area contributed by atoms with Crippen LogP contribution in [0.2, 0.25) is 5.02 Å². The predicted octanol–water partition coefficient (Wildman–Crippen LogP) is 4.21. The van der Waals surface area contributed by atoms with E-state index in [1.165, 1.54) is 12.3 Å². The van der Waals surface area contributed by atoms with Crippen LogP contribution in [-0.2, 0) is 10.0 Å². The van der Waals surface area contributed by atoms with Gasteiger partial charge in [0, 0.05) is 11.1 Å². The number of sulfonamides is 1. The predicted molar refractivity (Wildman–Crippen MR) is 108 cm³/mol. The van der Waals surface area contributed by atoms with Gasteiger partial charge in [0.25, 0.3) is 5.91 Å². The Kier molecular flexibility index (Phi) is 5.76. The third-order valence-electron chi connectivity index (χ3n) is 4.07. The van der Waals surface area contributed by atoms with Gasteiger partial charge in [0.05, 0.1) is 28.3 Å². The summed E-state index contributed by atoms with van der Waals surface area (Å²) in [4.78, 5) is 19.6. The highest BCUT2D eigenvalue weighted by atomic mass is 35.5. The van der Waals surface area contributed by atoms with E-state index in [4.69, 9.17) is 11.6 Å². The first-order chi connectivity index (χ1) is 13.6. The third-order valence-corrected chi connectivity index (χ3v) is 6.04. The number of H-pyrrole nitrogens is 1. The molecule has 0 unspecified atom stereocenters. The maximum absolute atomic E-state index is 14.7. The second kappa shape index (κ2) is 7.96. The second-order valence-corrected chi connectivity index (χ2v) is 8.56. The molecule has 0 fully saturated rings. The summed E-state index contributed by atoms with van der Waals surface area (Å²) in [7, 11) is -3.82. The number of anilines is 2. The number of halogens is 3. The molecule has 29 heavy (non-hydrogen) atoms. The van der Waals surface area contributed by atoms with Crippen molar-refractivity contribution in [3.63, 3.8) is 0 Å². The summed E-state index contributed by atoms with van der Waals surface area (Å²) in [6, 6.07) is 3.25. The average Bonchev–Trinajstić information content (AvgIpc) is 2.92. The number of aromatic amines is 1.